The third kappa shape index (κ3) is 2.93. The van der Waals surface area contributed by atoms with Gasteiger partial charge < -0.3 is 15.8 Å². The first-order valence-electron chi connectivity index (χ1n) is 6.39. The van der Waals surface area contributed by atoms with Crippen molar-refractivity contribution >= 4 is 5.91 Å². The summed E-state index contributed by atoms with van der Waals surface area (Å²) in [5.41, 5.74) is 5.79. The van der Waals surface area contributed by atoms with Crippen molar-refractivity contribution < 1.29 is 13.9 Å². The lowest BCUT2D eigenvalue weighted by molar-refractivity contribution is -0.130. The zero-order chi connectivity index (χ0) is 13.9. The fourth-order valence-electron chi connectivity index (χ4n) is 2.14. The summed E-state index contributed by atoms with van der Waals surface area (Å²) in [6.45, 7) is 2.92. The van der Waals surface area contributed by atoms with Crippen LogP contribution in [0.4, 0.5) is 4.39 Å². The van der Waals surface area contributed by atoms with Gasteiger partial charge in [0, 0.05) is 12.6 Å². The van der Waals surface area contributed by atoms with E-state index in [0.29, 0.717) is 31.7 Å². The molecule has 0 aromatic heterocycles. The average molecular weight is 266 g/mol. The second kappa shape index (κ2) is 5.67. The summed E-state index contributed by atoms with van der Waals surface area (Å²) in [6.07, 6.45) is 0.463. The Labute approximate surface area is 112 Å². The molecule has 5 heteroatoms. The minimum Gasteiger partial charge on any atom is -0.379 e. The molecule has 1 heterocycles. The van der Waals surface area contributed by atoms with Gasteiger partial charge in [-0.05, 0) is 25.0 Å². The van der Waals surface area contributed by atoms with Crippen LogP contribution in [0.15, 0.2) is 24.3 Å². The maximum atomic E-state index is 13.4. The largest absolute Gasteiger partial charge is 0.379 e. The summed E-state index contributed by atoms with van der Waals surface area (Å²) in [5, 5.41) is 2.81. The molecule has 0 aliphatic carbocycles. The number of benzene rings is 1. The molecule has 1 aromatic rings. The van der Waals surface area contributed by atoms with Crippen LogP contribution in [0.3, 0.4) is 0 Å². The first-order valence-corrected chi connectivity index (χ1v) is 6.39. The molecule has 0 radical (unpaired) electrons. The van der Waals surface area contributed by atoms with Crippen LogP contribution in [0.1, 0.15) is 12.5 Å². The molecule has 3 N–H and O–H groups in total. The number of carbonyl (C=O) groups is 1. The van der Waals surface area contributed by atoms with Crippen LogP contribution < -0.4 is 11.1 Å². The molecule has 0 saturated carbocycles. The summed E-state index contributed by atoms with van der Waals surface area (Å²) in [7, 11) is 0. The van der Waals surface area contributed by atoms with E-state index in [2.05, 4.69) is 5.32 Å². The van der Waals surface area contributed by atoms with Gasteiger partial charge in [-0.15, -0.1) is 0 Å². The quantitative estimate of drug-likeness (QED) is 0.849. The number of nitrogens with one attached hydrogen (secondary N) is 1. The number of rotatable bonds is 4. The fourth-order valence-corrected chi connectivity index (χ4v) is 2.14. The van der Waals surface area contributed by atoms with E-state index in [9.17, 15) is 9.18 Å². The van der Waals surface area contributed by atoms with Gasteiger partial charge in [0.25, 0.3) is 0 Å². The lowest BCUT2D eigenvalue weighted by Crippen LogP contribution is -2.50. The minimum absolute atomic E-state index is 0.131. The number of ether oxygens (including phenoxy) is 1. The molecule has 1 aliphatic heterocycles. The number of hydrogen-bond donors (Lipinski definition) is 2. The predicted molar refractivity (Wildman–Crippen MR) is 70.0 cm³/mol. The van der Waals surface area contributed by atoms with Crippen molar-refractivity contribution in [3.05, 3.63) is 35.6 Å². The van der Waals surface area contributed by atoms with Gasteiger partial charge in [-0.3, -0.25) is 4.79 Å². The van der Waals surface area contributed by atoms with Crippen molar-refractivity contribution in [2.45, 2.75) is 19.4 Å². The second-order valence-electron chi connectivity index (χ2n) is 5.14. The van der Waals surface area contributed by atoms with Gasteiger partial charge in [-0.2, -0.15) is 0 Å². The Balaban J connectivity index is 1.86. The van der Waals surface area contributed by atoms with Gasteiger partial charge in [-0.25, -0.2) is 4.39 Å². The van der Waals surface area contributed by atoms with Crippen LogP contribution in [-0.4, -0.2) is 31.7 Å². The van der Waals surface area contributed by atoms with Crippen molar-refractivity contribution in [2.75, 3.05) is 19.8 Å². The Morgan fingerprint density at radius 2 is 2.32 bits per heavy atom. The number of halogens is 1. The molecular weight excluding hydrogens is 247 g/mol. The molecule has 2 atom stereocenters. The number of hydrogen-bond acceptors (Lipinski definition) is 3. The standard InChI is InChI=1S/C14H19FN2O2/c1-14(9-19-8-12(14)16)13(18)17-7-6-10-4-2-3-5-11(10)15/h2-5,12H,6-9,16H2,1H3,(H,17,18). The minimum atomic E-state index is -0.685. The van der Waals surface area contributed by atoms with Gasteiger partial charge in [0.2, 0.25) is 5.91 Å². The molecule has 1 aromatic carbocycles. The number of nitrogens with two attached hydrogens (primary N) is 1. The van der Waals surface area contributed by atoms with Gasteiger partial charge in [0.15, 0.2) is 0 Å². The Hall–Kier alpha value is -1.46. The van der Waals surface area contributed by atoms with E-state index in [-0.39, 0.29) is 17.8 Å². The molecule has 2 unspecified atom stereocenters. The highest BCUT2D eigenvalue weighted by atomic mass is 19.1. The Morgan fingerprint density at radius 1 is 1.58 bits per heavy atom. The first kappa shape index (κ1) is 14.0. The fraction of sp³-hybridized carbons (Fsp3) is 0.500. The van der Waals surface area contributed by atoms with E-state index in [4.69, 9.17) is 10.5 Å². The zero-order valence-electron chi connectivity index (χ0n) is 11.0. The number of carbonyl (C=O) groups excluding carboxylic acids is 1. The maximum absolute atomic E-state index is 13.4. The normalized spacial score (nSPS) is 26.4. The van der Waals surface area contributed by atoms with Gasteiger partial charge in [-0.1, -0.05) is 18.2 Å². The smallest absolute Gasteiger partial charge is 0.229 e. The molecule has 1 aliphatic rings. The van der Waals surface area contributed by atoms with Gasteiger partial charge in [0.05, 0.1) is 18.6 Å². The molecule has 0 bridgehead atoms. The van der Waals surface area contributed by atoms with Crippen LogP contribution in [0.25, 0.3) is 0 Å². The highest BCUT2D eigenvalue weighted by Crippen LogP contribution is 2.26. The van der Waals surface area contributed by atoms with E-state index in [1.54, 1.807) is 25.1 Å². The van der Waals surface area contributed by atoms with Gasteiger partial charge in [0.1, 0.15) is 5.82 Å². The van der Waals surface area contributed by atoms with Crippen LogP contribution in [0.5, 0.6) is 0 Å². The van der Waals surface area contributed by atoms with Crippen LogP contribution in [0.2, 0.25) is 0 Å². The van der Waals surface area contributed by atoms with Crippen molar-refractivity contribution in [1.82, 2.24) is 5.32 Å². The Kier molecular flexibility index (Phi) is 4.17. The molecule has 4 nitrogen and oxygen atoms in total. The molecule has 1 fully saturated rings. The summed E-state index contributed by atoms with van der Waals surface area (Å²) >= 11 is 0. The molecular formula is C14H19FN2O2. The van der Waals surface area contributed by atoms with Crippen molar-refractivity contribution in [3.8, 4) is 0 Å². The Morgan fingerprint density at radius 3 is 2.95 bits per heavy atom. The summed E-state index contributed by atoms with van der Waals surface area (Å²) in [4.78, 5) is 12.1. The van der Waals surface area contributed by atoms with E-state index < -0.39 is 5.41 Å². The number of amides is 1. The SMILES string of the molecule is CC1(C(=O)NCCc2ccccc2F)COCC1N. The van der Waals surface area contributed by atoms with E-state index in [1.165, 1.54) is 6.07 Å². The van der Waals surface area contributed by atoms with E-state index >= 15 is 0 Å². The first-order chi connectivity index (χ1) is 9.04. The van der Waals surface area contributed by atoms with Crippen LogP contribution >= 0.6 is 0 Å². The zero-order valence-corrected chi connectivity index (χ0v) is 11.0. The van der Waals surface area contributed by atoms with Crippen molar-refractivity contribution in [3.63, 3.8) is 0 Å². The van der Waals surface area contributed by atoms with Gasteiger partial charge >= 0.3 is 0 Å². The highest BCUT2D eigenvalue weighted by molar-refractivity contribution is 5.83. The van der Waals surface area contributed by atoms with E-state index in [1.807, 2.05) is 0 Å². The second-order valence-corrected chi connectivity index (χ2v) is 5.14. The average Bonchev–Trinajstić information content (AvgIpc) is 2.73. The van der Waals surface area contributed by atoms with Crippen molar-refractivity contribution in [1.29, 1.82) is 0 Å². The summed E-state index contributed by atoms with van der Waals surface area (Å²) in [6, 6.07) is 6.27. The lowest BCUT2D eigenvalue weighted by atomic mass is 9.85. The highest BCUT2D eigenvalue weighted by Gasteiger charge is 2.44. The van der Waals surface area contributed by atoms with Crippen molar-refractivity contribution in [2.24, 2.45) is 11.1 Å². The maximum Gasteiger partial charge on any atom is 0.229 e. The van der Waals surface area contributed by atoms with Crippen LogP contribution in [-0.2, 0) is 16.0 Å². The third-order valence-electron chi connectivity index (χ3n) is 3.67. The third-order valence-corrected chi connectivity index (χ3v) is 3.67. The molecule has 1 saturated heterocycles. The lowest BCUT2D eigenvalue weighted by Gasteiger charge is -2.25. The molecule has 2 rings (SSSR count). The summed E-state index contributed by atoms with van der Waals surface area (Å²) < 4.78 is 18.6. The van der Waals surface area contributed by atoms with E-state index in [0.717, 1.165) is 0 Å². The molecule has 19 heavy (non-hydrogen) atoms. The Bertz CT molecular complexity index is 467. The topological polar surface area (TPSA) is 64.3 Å². The molecule has 1 amide bonds. The van der Waals surface area contributed by atoms with Crippen LogP contribution in [0, 0.1) is 11.2 Å². The monoisotopic (exact) mass is 266 g/mol. The molecule has 0 spiro atoms. The summed E-state index contributed by atoms with van der Waals surface area (Å²) in [5.74, 6) is -0.377. The predicted octanol–water partition coefficient (Wildman–Crippen LogP) is 0.848. The molecule has 104 valence electrons.